The summed E-state index contributed by atoms with van der Waals surface area (Å²) in [4.78, 5) is 35.9. The van der Waals surface area contributed by atoms with Gasteiger partial charge in [0.05, 0.1) is 30.1 Å². The Kier molecular flexibility index (Phi) is 6.15. The second kappa shape index (κ2) is 8.85. The number of methoxy groups -OCH3 is 1. The maximum absolute atomic E-state index is 13.2. The maximum Gasteiger partial charge on any atom is 0.433 e. The molecule has 0 fully saturated rings. The van der Waals surface area contributed by atoms with Gasteiger partial charge in [0.15, 0.2) is 20.5 Å². The topological polar surface area (TPSA) is 150 Å². The lowest BCUT2D eigenvalue weighted by Gasteiger charge is -2.06. The van der Waals surface area contributed by atoms with E-state index in [1.165, 1.54) is 30.8 Å². The highest BCUT2D eigenvalue weighted by molar-refractivity contribution is 7.91. The van der Waals surface area contributed by atoms with Crippen LogP contribution < -0.4 is 5.32 Å². The standard InChI is InChI=1S/C20H18F3N7O5S/c1-4-36(33,34)19-15(17-27-10-7-13(20(21,22)23)25-8-12(10)29(17)2)16-24-6-5-11(30(16)28-19)18(32)26-9-14(31)35-3/h5-8H,4,9H2,1-3H3,(H,26,32). The van der Waals surface area contributed by atoms with Crippen LogP contribution in [0.1, 0.15) is 23.1 Å². The summed E-state index contributed by atoms with van der Waals surface area (Å²) < 4.78 is 72.2. The Balaban J connectivity index is 1.97. The lowest BCUT2D eigenvalue weighted by molar-refractivity contribution is -0.141. The molecule has 0 aliphatic heterocycles. The van der Waals surface area contributed by atoms with Crippen LogP contribution in [-0.4, -0.2) is 68.8 Å². The predicted molar refractivity (Wildman–Crippen MR) is 118 cm³/mol. The van der Waals surface area contributed by atoms with E-state index in [1.807, 2.05) is 0 Å². The lowest BCUT2D eigenvalue weighted by Crippen LogP contribution is -2.31. The fraction of sp³-hybridized carbons (Fsp3) is 0.300. The highest BCUT2D eigenvalue weighted by atomic mass is 32.2. The molecule has 36 heavy (non-hydrogen) atoms. The molecule has 0 aliphatic carbocycles. The highest BCUT2D eigenvalue weighted by Gasteiger charge is 2.34. The van der Waals surface area contributed by atoms with Crippen molar-refractivity contribution in [3.63, 3.8) is 0 Å². The van der Waals surface area contributed by atoms with E-state index in [9.17, 15) is 31.2 Å². The minimum Gasteiger partial charge on any atom is -0.468 e. The number of ether oxygens (including phenoxy) is 1. The largest absolute Gasteiger partial charge is 0.468 e. The van der Waals surface area contributed by atoms with Crippen molar-refractivity contribution >= 4 is 38.4 Å². The number of pyridine rings is 1. The van der Waals surface area contributed by atoms with Gasteiger partial charge in [-0.25, -0.2) is 27.9 Å². The third-order valence-electron chi connectivity index (χ3n) is 5.30. The molecule has 190 valence electrons. The van der Waals surface area contributed by atoms with E-state index < -0.39 is 45.2 Å². The van der Waals surface area contributed by atoms with Gasteiger partial charge in [-0.2, -0.15) is 18.3 Å². The van der Waals surface area contributed by atoms with Crippen LogP contribution in [0.5, 0.6) is 0 Å². The first-order valence-corrected chi connectivity index (χ1v) is 11.9. The van der Waals surface area contributed by atoms with E-state index in [1.54, 1.807) is 0 Å². The molecule has 0 radical (unpaired) electrons. The summed E-state index contributed by atoms with van der Waals surface area (Å²) >= 11 is 0. The number of hydrogen-bond donors (Lipinski definition) is 1. The second-order valence-electron chi connectivity index (χ2n) is 7.46. The Bertz CT molecular complexity index is 1630. The third-order valence-corrected chi connectivity index (χ3v) is 6.93. The molecule has 4 aromatic heterocycles. The molecule has 1 N–H and O–H groups in total. The molecule has 0 unspecified atom stereocenters. The first-order valence-electron chi connectivity index (χ1n) is 10.2. The summed E-state index contributed by atoms with van der Waals surface area (Å²) in [5.41, 5.74) is -1.39. The summed E-state index contributed by atoms with van der Waals surface area (Å²) in [6, 6.07) is 2.00. The molecule has 4 aromatic rings. The van der Waals surface area contributed by atoms with Crippen LogP contribution in [-0.2, 0) is 32.6 Å². The Labute approximate surface area is 201 Å². The number of halogens is 3. The quantitative estimate of drug-likeness (QED) is 0.368. The molecule has 4 rings (SSSR count). The molecule has 4 heterocycles. The number of nitrogens with zero attached hydrogens (tertiary/aromatic N) is 6. The minimum absolute atomic E-state index is 0.0484. The number of carbonyl (C=O) groups excluding carboxylic acids is 2. The van der Waals surface area contributed by atoms with Crippen molar-refractivity contribution in [2.75, 3.05) is 19.4 Å². The van der Waals surface area contributed by atoms with Gasteiger partial charge in [0, 0.05) is 13.2 Å². The van der Waals surface area contributed by atoms with E-state index in [-0.39, 0.29) is 39.5 Å². The van der Waals surface area contributed by atoms with E-state index in [2.05, 4.69) is 30.1 Å². The van der Waals surface area contributed by atoms with Crippen molar-refractivity contribution in [2.24, 2.45) is 7.05 Å². The molecule has 0 atom stereocenters. The van der Waals surface area contributed by atoms with Crippen LogP contribution in [0.2, 0.25) is 0 Å². The zero-order valence-electron chi connectivity index (χ0n) is 19.0. The van der Waals surface area contributed by atoms with Crippen LogP contribution in [0.4, 0.5) is 13.2 Å². The van der Waals surface area contributed by atoms with Gasteiger partial charge >= 0.3 is 12.1 Å². The Morgan fingerprint density at radius 2 is 1.94 bits per heavy atom. The number of carbonyl (C=O) groups is 2. The number of aryl methyl sites for hydroxylation is 1. The van der Waals surface area contributed by atoms with Crippen LogP contribution in [0.15, 0.2) is 29.6 Å². The van der Waals surface area contributed by atoms with Gasteiger partial charge in [-0.05, 0) is 12.1 Å². The van der Waals surface area contributed by atoms with Gasteiger partial charge in [-0.3, -0.25) is 9.59 Å². The number of aromatic nitrogens is 6. The van der Waals surface area contributed by atoms with Crippen LogP contribution in [0.3, 0.4) is 0 Å². The maximum atomic E-state index is 13.2. The Morgan fingerprint density at radius 1 is 1.22 bits per heavy atom. The van der Waals surface area contributed by atoms with Gasteiger partial charge in [-0.1, -0.05) is 6.92 Å². The molecule has 0 saturated heterocycles. The van der Waals surface area contributed by atoms with Gasteiger partial charge in [0.2, 0.25) is 0 Å². The molecule has 0 aromatic carbocycles. The first kappa shape index (κ1) is 25.0. The van der Waals surface area contributed by atoms with Crippen LogP contribution >= 0.6 is 0 Å². The molecule has 0 aliphatic rings. The number of rotatable bonds is 6. The lowest BCUT2D eigenvalue weighted by atomic mass is 10.3. The van der Waals surface area contributed by atoms with E-state index >= 15 is 0 Å². The molecule has 0 saturated carbocycles. The Hall–Kier alpha value is -4.08. The van der Waals surface area contributed by atoms with Crippen molar-refractivity contribution in [1.82, 2.24) is 34.4 Å². The number of esters is 1. The summed E-state index contributed by atoms with van der Waals surface area (Å²) in [6.07, 6.45) is -2.50. The summed E-state index contributed by atoms with van der Waals surface area (Å²) in [5.74, 6) is -1.90. The average Bonchev–Trinajstić information content (AvgIpc) is 3.39. The van der Waals surface area contributed by atoms with Crippen molar-refractivity contribution < 1.29 is 35.9 Å². The number of amides is 1. The number of hydrogen-bond acceptors (Lipinski definition) is 9. The normalized spacial score (nSPS) is 12.3. The molecule has 1 amide bonds. The fourth-order valence-corrected chi connectivity index (χ4v) is 4.40. The van der Waals surface area contributed by atoms with E-state index in [0.717, 1.165) is 23.9 Å². The van der Waals surface area contributed by atoms with Gasteiger partial charge in [0.1, 0.15) is 29.3 Å². The third kappa shape index (κ3) is 4.23. The molecule has 0 bridgehead atoms. The van der Waals surface area contributed by atoms with Gasteiger partial charge in [0.25, 0.3) is 5.91 Å². The average molecular weight is 525 g/mol. The molecular formula is C20H18F3N7O5S. The number of sulfone groups is 1. The van der Waals surface area contributed by atoms with Crippen LogP contribution in [0.25, 0.3) is 28.1 Å². The summed E-state index contributed by atoms with van der Waals surface area (Å²) in [5, 5.41) is 5.97. The number of imidazole rings is 1. The van der Waals surface area contributed by atoms with Crippen LogP contribution in [0, 0.1) is 0 Å². The molecule has 16 heteroatoms. The predicted octanol–water partition coefficient (Wildman–Crippen LogP) is 1.39. The Morgan fingerprint density at radius 3 is 2.58 bits per heavy atom. The monoisotopic (exact) mass is 525 g/mol. The number of fused-ring (bicyclic) bond motifs is 2. The van der Waals surface area contributed by atoms with Gasteiger partial charge < -0.3 is 14.6 Å². The van der Waals surface area contributed by atoms with E-state index in [4.69, 9.17) is 0 Å². The zero-order chi connectivity index (χ0) is 26.4. The van der Waals surface area contributed by atoms with Crippen molar-refractivity contribution in [3.8, 4) is 11.4 Å². The van der Waals surface area contributed by atoms with Crippen molar-refractivity contribution in [2.45, 2.75) is 18.1 Å². The summed E-state index contributed by atoms with van der Waals surface area (Å²) in [6.45, 7) is 0.932. The SMILES string of the molecule is CCS(=O)(=O)c1nn2c(C(=O)NCC(=O)OC)ccnc2c1-c1nc2cc(C(F)(F)F)ncc2n1C. The van der Waals surface area contributed by atoms with Crippen molar-refractivity contribution in [1.29, 1.82) is 0 Å². The smallest absolute Gasteiger partial charge is 0.433 e. The van der Waals surface area contributed by atoms with Crippen molar-refractivity contribution in [3.05, 3.63) is 35.9 Å². The van der Waals surface area contributed by atoms with Gasteiger partial charge in [-0.15, -0.1) is 0 Å². The number of alkyl halides is 3. The molecular weight excluding hydrogens is 507 g/mol. The number of nitrogens with one attached hydrogen (secondary N) is 1. The summed E-state index contributed by atoms with van der Waals surface area (Å²) in [7, 11) is -1.41. The fourth-order valence-electron chi connectivity index (χ4n) is 3.43. The zero-order valence-corrected chi connectivity index (χ0v) is 19.8. The molecule has 12 nitrogen and oxygen atoms in total. The highest BCUT2D eigenvalue weighted by Crippen LogP contribution is 2.34. The van der Waals surface area contributed by atoms with E-state index in [0.29, 0.717) is 0 Å². The first-order chi connectivity index (χ1) is 16.9. The second-order valence-corrected chi connectivity index (χ2v) is 9.65. The molecule has 0 spiro atoms. The minimum atomic E-state index is -4.71.